The summed E-state index contributed by atoms with van der Waals surface area (Å²) in [5.41, 5.74) is 1.45. The van der Waals surface area contributed by atoms with Crippen molar-refractivity contribution in [1.29, 1.82) is 0 Å². The molecule has 2 aromatic rings. The van der Waals surface area contributed by atoms with Crippen LogP contribution in [0.3, 0.4) is 0 Å². The van der Waals surface area contributed by atoms with E-state index in [1.807, 2.05) is 30.3 Å². The van der Waals surface area contributed by atoms with Crippen molar-refractivity contribution in [2.45, 2.75) is 6.92 Å². The third-order valence-corrected chi connectivity index (χ3v) is 2.99. The normalized spacial score (nSPS) is 11.0. The van der Waals surface area contributed by atoms with Crippen LogP contribution in [0.5, 0.6) is 0 Å². The zero-order valence-electron chi connectivity index (χ0n) is 12.4. The molecule has 1 aromatic carbocycles. The standard InChI is InChI=1S/C16H18N2O3/c1-4-21-15(19)10-9-13-11-12-7-5-6-8-14(12)18(13)16(20)17(2)3/h5-11H,4H2,1-3H3/b10-9+. The zero-order valence-corrected chi connectivity index (χ0v) is 12.4. The highest BCUT2D eigenvalue weighted by atomic mass is 16.5. The number of aromatic nitrogens is 1. The van der Waals surface area contributed by atoms with Crippen LogP contribution in [0.2, 0.25) is 0 Å². The molecular formula is C16H18N2O3. The first-order chi connectivity index (χ1) is 10.0. The van der Waals surface area contributed by atoms with Gasteiger partial charge in [-0.3, -0.25) is 4.57 Å². The Morgan fingerprint density at radius 2 is 2.00 bits per heavy atom. The monoisotopic (exact) mass is 286 g/mol. The fourth-order valence-electron chi connectivity index (χ4n) is 2.06. The van der Waals surface area contributed by atoms with Gasteiger partial charge in [0.25, 0.3) is 0 Å². The molecule has 0 bridgehead atoms. The molecule has 0 saturated carbocycles. The largest absolute Gasteiger partial charge is 0.463 e. The Bertz CT molecular complexity index is 699. The maximum atomic E-state index is 12.3. The Morgan fingerprint density at radius 3 is 2.67 bits per heavy atom. The fraction of sp³-hybridized carbons (Fsp3) is 0.250. The number of carbonyl (C=O) groups is 2. The fourth-order valence-corrected chi connectivity index (χ4v) is 2.06. The molecule has 110 valence electrons. The topological polar surface area (TPSA) is 51.5 Å². The third kappa shape index (κ3) is 3.13. The molecule has 2 rings (SSSR count). The lowest BCUT2D eigenvalue weighted by Crippen LogP contribution is -2.27. The third-order valence-electron chi connectivity index (χ3n) is 2.99. The summed E-state index contributed by atoms with van der Waals surface area (Å²) in [6, 6.07) is 9.29. The number of carbonyl (C=O) groups excluding carboxylic acids is 2. The summed E-state index contributed by atoms with van der Waals surface area (Å²) in [7, 11) is 3.38. The first-order valence-electron chi connectivity index (χ1n) is 6.71. The molecule has 0 aliphatic heterocycles. The van der Waals surface area contributed by atoms with Gasteiger partial charge in [-0.2, -0.15) is 0 Å². The quantitative estimate of drug-likeness (QED) is 0.644. The van der Waals surface area contributed by atoms with Crippen LogP contribution < -0.4 is 0 Å². The summed E-state index contributed by atoms with van der Waals surface area (Å²) in [5, 5.41) is 0.941. The van der Waals surface area contributed by atoms with E-state index in [1.54, 1.807) is 31.7 Å². The molecule has 0 aliphatic rings. The average molecular weight is 286 g/mol. The van der Waals surface area contributed by atoms with Gasteiger partial charge in [0.05, 0.1) is 17.8 Å². The number of esters is 1. The molecule has 5 heteroatoms. The van der Waals surface area contributed by atoms with E-state index in [0.29, 0.717) is 12.3 Å². The van der Waals surface area contributed by atoms with Crippen molar-refractivity contribution in [3.8, 4) is 0 Å². The second-order valence-electron chi connectivity index (χ2n) is 4.73. The first-order valence-corrected chi connectivity index (χ1v) is 6.71. The van der Waals surface area contributed by atoms with E-state index in [1.165, 1.54) is 11.0 Å². The average Bonchev–Trinajstić information content (AvgIpc) is 2.82. The van der Waals surface area contributed by atoms with Crippen LogP contribution in [0.15, 0.2) is 36.4 Å². The molecular weight excluding hydrogens is 268 g/mol. The minimum absolute atomic E-state index is 0.167. The minimum Gasteiger partial charge on any atom is -0.463 e. The number of fused-ring (bicyclic) bond motifs is 1. The second kappa shape index (κ2) is 6.26. The van der Waals surface area contributed by atoms with E-state index in [4.69, 9.17) is 4.74 Å². The van der Waals surface area contributed by atoms with Crippen LogP contribution >= 0.6 is 0 Å². The molecule has 5 nitrogen and oxygen atoms in total. The van der Waals surface area contributed by atoms with Gasteiger partial charge >= 0.3 is 12.0 Å². The van der Waals surface area contributed by atoms with E-state index in [2.05, 4.69) is 0 Å². The van der Waals surface area contributed by atoms with Gasteiger partial charge in [0, 0.05) is 25.6 Å². The molecule has 1 heterocycles. The second-order valence-corrected chi connectivity index (χ2v) is 4.73. The summed E-state index contributed by atoms with van der Waals surface area (Å²) < 4.78 is 6.43. The highest BCUT2D eigenvalue weighted by molar-refractivity contribution is 5.96. The van der Waals surface area contributed by atoms with Crippen LogP contribution in [0, 0.1) is 0 Å². The van der Waals surface area contributed by atoms with E-state index < -0.39 is 5.97 Å². The maximum Gasteiger partial charge on any atom is 0.330 e. The lowest BCUT2D eigenvalue weighted by molar-refractivity contribution is -0.137. The van der Waals surface area contributed by atoms with Crippen molar-refractivity contribution in [3.05, 3.63) is 42.1 Å². The molecule has 0 radical (unpaired) electrons. The summed E-state index contributed by atoms with van der Waals surface area (Å²) >= 11 is 0. The van der Waals surface area contributed by atoms with Crippen molar-refractivity contribution >= 4 is 29.0 Å². The predicted octanol–water partition coefficient (Wildman–Crippen LogP) is 2.75. The minimum atomic E-state index is -0.424. The van der Waals surface area contributed by atoms with Crippen molar-refractivity contribution in [1.82, 2.24) is 9.47 Å². The SMILES string of the molecule is CCOC(=O)/C=C/c1cc2ccccc2n1C(=O)N(C)C. The number of para-hydroxylation sites is 1. The molecule has 0 unspecified atom stereocenters. The number of ether oxygens (including phenoxy) is 1. The molecule has 1 amide bonds. The first kappa shape index (κ1) is 14.8. The number of hydrogen-bond acceptors (Lipinski definition) is 3. The highest BCUT2D eigenvalue weighted by Crippen LogP contribution is 2.21. The Balaban J connectivity index is 2.49. The Labute approximate surface area is 123 Å². The number of amides is 1. The van der Waals surface area contributed by atoms with Crippen LogP contribution in [0.25, 0.3) is 17.0 Å². The van der Waals surface area contributed by atoms with Gasteiger partial charge in [-0.25, -0.2) is 9.59 Å². The van der Waals surface area contributed by atoms with Gasteiger partial charge in [0.1, 0.15) is 0 Å². The lowest BCUT2D eigenvalue weighted by Gasteiger charge is -2.13. The van der Waals surface area contributed by atoms with Crippen LogP contribution in [0.1, 0.15) is 12.6 Å². The van der Waals surface area contributed by atoms with Crippen LogP contribution in [-0.4, -0.2) is 42.2 Å². The number of hydrogen-bond donors (Lipinski definition) is 0. The molecule has 21 heavy (non-hydrogen) atoms. The van der Waals surface area contributed by atoms with E-state index in [9.17, 15) is 9.59 Å². The summed E-state index contributed by atoms with van der Waals surface area (Å²) in [6.07, 6.45) is 2.93. The molecule has 1 aromatic heterocycles. The van der Waals surface area contributed by atoms with Crippen LogP contribution in [-0.2, 0) is 9.53 Å². The smallest absolute Gasteiger partial charge is 0.330 e. The molecule has 0 fully saturated rings. The van der Waals surface area contributed by atoms with Gasteiger partial charge in [0.15, 0.2) is 0 Å². The van der Waals surface area contributed by atoms with E-state index >= 15 is 0 Å². The van der Waals surface area contributed by atoms with Gasteiger partial charge in [-0.05, 0) is 25.1 Å². The lowest BCUT2D eigenvalue weighted by atomic mass is 10.2. The Hall–Kier alpha value is -2.56. The molecule has 0 N–H and O–H groups in total. The maximum absolute atomic E-state index is 12.3. The summed E-state index contributed by atoms with van der Waals surface area (Å²) in [4.78, 5) is 25.3. The highest BCUT2D eigenvalue weighted by Gasteiger charge is 2.15. The number of nitrogens with zero attached hydrogens (tertiary/aromatic N) is 2. The predicted molar refractivity (Wildman–Crippen MR) is 82.1 cm³/mol. The van der Waals surface area contributed by atoms with Gasteiger partial charge < -0.3 is 9.64 Å². The molecule has 0 saturated heterocycles. The van der Waals surface area contributed by atoms with E-state index in [-0.39, 0.29) is 6.03 Å². The van der Waals surface area contributed by atoms with Gasteiger partial charge in [-0.15, -0.1) is 0 Å². The van der Waals surface area contributed by atoms with Crippen LogP contribution in [0.4, 0.5) is 4.79 Å². The molecule has 0 aliphatic carbocycles. The number of rotatable bonds is 3. The summed E-state index contributed by atoms with van der Waals surface area (Å²) in [5.74, 6) is -0.424. The van der Waals surface area contributed by atoms with Crippen molar-refractivity contribution in [3.63, 3.8) is 0 Å². The molecule has 0 atom stereocenters. The van der Waals surface area contributed by atoms with Crippen molar-refractivity contribution < 1.29 is 14.3 Å². The van der Waals surface area contributed by atoms with E-state index in [0.717, 1.165) is 10.9 Å². The Morgan fingerprint density at radius 1 is 1.29 bits per heavy atom. The van der Waals surface area contributed by atoms with Crippen molar-refractivity contribution in [2.24, 2.45) is 0 Å². The van der Waals surface area contributed by atoms with Gasteiger partial charge in [-0.1, -0.05) is 18.2 Å². The molecule has 0 spiro atoms. The van der Waals surface area contributed by atoms with Crippen molar-refractivity contribution in [2.75, 3.05) is 20.7 Å². The summed E-state index contributed by atoms with van der Waals surface area (Å²) in [6.45, 7) is 2.07. The number of benzene rings is 1. The van der Waals surface area contributed by atoms with Gasteiger partial charge in [0.2, 0.25) is 0 Å². The Kier molecular flexibility index (Phi) is 4.42. The zero-order chi connectivity index (χ0) is 15.4.